The normalized spacial score (nSPS) is 42.5. The van der Waals surface area contributed by atoms with Crippen LogP contribution in [0.25, 0.3) is 0 Å². The number of allylic oxidation sites excluding steroid dienone is 1. The van der Waals surface area contributed by atoms with Crippen LogP contribution in [0.4, 0.5) is 4.79 Å². The van der Waals surface area contributed by atoms with Gasteiger partial charge in [0.1, 0.15) is 0 Å². The van der Waals surface area contributed by atoms with Crippen LogP contribution in [0.1, 0.15) is 91.4 Å². The lowest BCUT2D eigenvalue weighted by atomic mass is 9.47. The van der Waals surface area contributed by atoms with Gasteiger partial charge in [-0.1, -0.05) is 32.4 Å². The quantitative estimate of drug-likeness (QED) is 0.513. The van der Waals surface area contributed by atoms with E-state index in [-0.39, 0.29) is 23.6 Å². The molecule has 2 saturated heterocycles. The molecule has 0 aromatic carbocycles. The van der Waals surface area contributed by atoms with Crippen LogP contribution in [0.5, 0.6) is 0 Å². The Hall–Kier alpha value is -1.56. The Kier molecular flexibility index (Phi) is 6.25. The largest absolute Gasteiger partial charge is 0.453 e. The molecule has 5 fully saturated rings. The molecule has 2 amide bonds. The monoisotopic (exact) mass is 512 g/mol. The van der Waals surface area contributed by atoms with Crippen molar-refractivity contribution in [1.82, 2.24) is 9.80 Å². The van der Waals surface area contributed by atoms with Gasteiger partial charge in [0.25, 0.3) is 0 Å². The summed E-state index contributed by atoms with van der Waals surface area (Å²) in [5.41, 5.74) is 2.10. The van der Waals surface area contributed by atoms with E-state index in [9.17, 15) is 14.7 Å². The van der Waals surface area contributed by atoms with Crippen molar-refractivity contribution < 1.29 is 19.4 Å². The zero-order valence-electron chi connectivity index (χ0n) is 23.5. The molecule has 6 nitrogen and oxygen atoms in total. The van der Waals surface area contributed by atoms with E-state index >= 15 is 0 Å². The minimum Gasteiger partial charge on any atom is -0.453 e. The van der Waals surface area contributed by atoms with Crippen LogP contribution in [0.15, 0.2) is 11.6 Å². The van der Waals surface area contributed by atoms with Crippen molar-refractivity contribution in [3.8, 4) is 0 Å². The van der Waals surface area contributed by atoms with E-state index in [1.807, 2.05) is 4.90 Å². The Labute approximate surface area is 223 Å². The third-order valence-corrected chi connectivity index (χ3v) is 12.7. The Morgan fingerprint density at radius 2 is 1.89 bits per heavy atom. The highest BCUT2D eigenvalue weighted by Crippen LogP contribution is 2.67. The summed E-state index contributed by atoms with van der Waals surface area (Å²) >= 11 is 0. The fourth-order valence-electron chi connectivity index (χ4n) is 10.4. The summed E-state index contributed by atoms with van der Waals surface area (Å²) in [6.07, 6.45) is 14.3. The molecule has 0 bridgehead atoms. The van der Waals surface area contributed by atoms with Crippen LogP contribution in [0.3, 0.4) is 0 Å². The van der Waals surface area contributed by atoms with E-state index in [1.54, 1.807) is 10.5 Å². The van der Waals surface area contributed by atoms with Gasteiger partial charge in [-0.2, -0.15) is 0 Å². The average Bonchev–Trinajstić information content (AvgIpc) is 3.18. The summed E-state index contributed by atoms with van der Waals surface area (Å²) < 4.78 is 4.91. The van der Waals surface area contributed by atoms with Gasteiger partial charge in [0.05, 0.1) is 18.8 Å². The van der Waals surface area contributed by atoms with E-state index < -0.39 is 0 Å². The van der Waals surface area contributed by atoms with Crippen molar-refractivity contribution >= 4 is 12.0 Å². The first kappa shape index (κ1) is 25.7. The maximum Gasteiger partial charge on any atom is 0.410 e. The zero-order chi connectivity index (χ0) is 26.2. The zero-order valence-corrected chi connectivity index (χ0v) is 23.5. The van der Waals surface area contributed by atoms with Crippen molar-refractivity contribution in [3.63, 3.8) is 0 Å². The summed E-state index contributed by atoms with van der Waals surface area (Å²) in [5.74, 6) is 3.91. The molecule has 6 heteroatoms. The smallest absolute Gasteiger partial charge is 0.410 e. The number of aliphatic hydroxyl groups is 1. The second-order valence-electron chi connectivity index (χ2n) is 14.2. The van der Waals surface area contributed by atoms with E-state index in [0.717, 1.165) is 56.4 Å². The third kappa shape index (κ3) is 3.82. The minimum absolute atomic E-state index is 0.133. The molecule has 1 N–H and O–H groups in total. The second-order valence-corrected chi connectivity index (χ2v) is 14.2. The van der Waals surface area contributed by atoms with Crippen molar-refractivity contribution in [3.05, 3.63) is 11.6 Å². The number of methoxy groups -OCH3 is 1. The molecule has 2 aliphatic heterocycles. The summed E-state index contributed by atoms with van der Waals surface area (Å²) in [7, 11) is 1.43. The number of hydrogen-bond acceptors (Lipinski definition) is 4. The molecule has 6 aliphatic rings. The molecule has 8 atom stereocenters. The van der Waals surface area contributed by atoms with Gasteiger partial charge in [0.2, 0.25) is 5.91 Å². The summed E-state index contributed by atoms with van der Waals surface area (Å²) in [6, 6.07) is 0. The fourth-order valence-corrected chi connectivity index (χ4v) is 10.4. The highest BCUT2D eigenvalue weighted by Gasteiger charge is 2.60. The van der Waals surface area contributed by atoms with Gasteiger partial charge in [-0.05, 0) is 105 Å². The van der Waals surface area contributed by atoms with E-state index in [0.29, 0.717) is 42.2 Å². The molecule has 1 unspecified atom stereocenters. The molecule has 0 radical (unpaired) electrons. The summed E-state index contributed by atoms with van der Waals surface area (Å²) in [4.78, 5) is 28.7. The molecule has 2 heterocycles. The summed E-state index contributed by atoms with van der Waals surface area (Å²) in [5, 5.41) is 10.3. The van der Waals surface area contributed by atoms with Crippen LogP contribution in [-0.4, -0.2) is 65.3 Å². The first-order chi connectivity index (χ1) is 17.6. The number of fused-ring (bicyclic) bond motifs is 5. The summed E-state index contributed by atoms with van der Waals surface area (Å²) in [6.45, 7) is 9.60. The van der Waals surface area contributed by atoms with E-state index in [1.165, 1.54) is 39.2 Å². The van der Waals surface area contributed by atoms with Crippen LogP contribution in [0.2, 0.25) is 0 Å². The third-order valence-electron chi connectivity index (χ3n) is 12.7. The Balaban J connectivity index is 1.05. The van der Waals surface area contributed by atoms with Crippen molar-refractivity contribution in [2.75, 3.05) is 26.7 Å². The molecule has 37 heavy (non-hydrogen) atoms. The first-order valence-corrected chi connectivity index (χ1v) is 15.1. The fraction of sp³-hybridized carbons (Fsp3) is 0.871. The topological polar surface area (TPSA) is 70.1 Å². The maximum atomic E-state index is 13.0. The van der Waals surface area contributed by atoms with Crippen LogP contribution in [0, 0.1) is 40.4 Å². The highest BCUT2D eigenvalue weighted by atomic mass is 16.5. The number of nitrogens with zero attached hydrogens (tertiary/aromatic N) is 2. The Morgan fingerprint density at radius 3 is 2.59 bits per heavy atom. The number of rotatable bonds is 4. The minimum atomic E-state index is -0.259. The molecule has 6 rings (SSSR count). The second kappa shape index (κ2) is 8.99. The average molecular weight is 513 g/mol. The van der Waals surface area contributed by atoms with Crippen LogP contribution < -0.4 is 0 Å². The van der Waals surface area contributed by atoms with Gasteiger partial charge >= 0.3 is 6.09 Å². The maximum absolute atomic E-state index is 13.0. The SMILES string of the molecule is COC(=O)N1CCC12CN(C(=O)CCC(C)[C@H]1CC[C@H]3[C@@H]4CC=C5C[C@@H](O)CC[C@]5(C)[C@H]4CC[C@]13C)C2. The van der Waals surface area contributed by atoms with E-state index in [2.05, 4.69) is 26.8 Å². The van der Waals surface area contributed by atoms with Gasteiger partial charge in [0.15, 0.2) is 0 Å². The molecular formula is C31H48N2O4. The lowest BCUT2D eigenvalue weighted by molar-refractivity contribution is -0.156. The molecule has 3 saturated carbocycles. The molecular weight excluding hydrogens is 464 g/mol. The van der Waals surface area contributed by atoms with Crippen LogP contribution in [-0.2, 0) is 9.53 Å². The number of carbonyl (C=O) groups excluding carboxylic acids is 2. The molecule has 0 aromatic rings. The molecule has 4 aliphatic carbocycles. The van der Waals surface area contributed by atoms with Gasteiger partial charge < -0.3 is 14.7 Å². The highest BCUT2D eigenvalue weighted by molar-refractivity contribution is 5.79. The number of ether oxygens (including phenoxy) is 1. The number of aliphatic hydroxyl groups excluding tert-OH is 1. The van der Waals surface area contributed by atoms with Gasteiger partial charge in [-0.15, -0.1) is 0 Å². The number of likely N-dealkylation sites (tertiary alicyclic amines) is 2. The lowest BCUT2D eigenvalue weighted by Crippen LogP contribution is -2.78. The standard InChI is InChI=1S/C31H48N2O4/c1-20(5-10-27(35)32-18-31(19-32)15-16-33(31)28(36)37-4)24-8-9-25-23-7-6-21-17-22(34)11-13-29(21,2)26(23)12-14-30(24,25)3/h6,20,22-26,34H,5,7-19H2,1-4H3/t20?,22-,23-,24+,25-,26-,29-,30+/m0/s1. The van der Waals surface area contributed by atoms with Gasteiger partial charge in [-0.3, -0.25) is 9.69 Å². The predicted octanol–water partition coefficient (Wildman–Crippen LogP) is 5.40. The van der Waals surface area contributed by atoms with E-state index in [4.69, 9.17) is 4.74 Å². The van der Waals surface area contributed by atoms with Gasteiger partial charge in [0, 0.05) is 26.1 Å². The molecule has 206 valence electrons. The van der Waals surface area contributed by atoms with Crippen molar-refractivity contribution in [2.24, 2.45) is 40.4 Å². The number of amides is 2. The molecule has 0 aromatic heterocycles. The lowest BCUT2D eigenvalue weighted by Gasteiger charge is -2.61. The number of carbonyl (C=O) groups is 2. The van der Waals surface area contributed by atoms with Crippen molar-refractivity contribution in [1.29, 1.82) is 0 Å². The Morgan fingerprint density at radius 1 is 1.11 bits per heavy atom. The Bertz CT molecular complexity index is 972. The molecule has 1 spiro atoms. The number of hydrogen-bond donors (Lipinski definition) is 1. The van der Waals surface area contributed by atoms with Gasteiger partial charge in [-0.25, -0.2) is 4.79 Å². The predicted molar refractivity (Wildman–Crippen MR) is 143 cm³/mol. The first-order valence-electron chi connectivity index (χ1n) is 15.1. The van der Waals surface area contributed by atoms with Crippen LogP contribution >= 0.6 is 0 Å². The van der Waals surface area contributed by atoms with Crippen molar-refractivity contribution in [2.45, 2.75) is 103 Å².